The summed E-state index contributed by atoms with van der Waals surface area (Å²) in [5.74, 6) is -4.18. The van der Waals surface area contributed by atoms with E-state index in [9.17, 15) is 20.0 Å². The number of carbonyl (C=O) groups excluding carboxylic acids is 2. The van der Waals surface area contributed by atoms with Gasteiger partial charge in [0.25, 0.3) is 0 Å². The third-order valence-corrected chi connectivity index (χ3v) is 9.26. The number of Topliss-reactive ketones (excluding diaryl/α,β-unsaturated/α-hetero) is 1. The summed E-state index contributed by atoms with van der Waals surface area (Å²) in [5.41, 5.74) is -1.43. The highest BCUT2D eigenvalue weighted by Gasteiger charge is 2.67. The number of aliphatic hydroxyl groups is 1. The first kappa shape index (κ1) is 32.3. The minimum atomic E-state index is -1.85. The van der Waals surface area contributed by atoms with E-state index in [1.807, 2.05) is 60.7 Å². The van der Waals surface area contributed by atoms with E-state index in [-0.39, 0.29) is 24.3 Å². The average molecular weight is 705 g/mol. The van der Waals surface area contributed by atoms with Crippen molar-refractivity contribution in [3.05, 3.63) is 140 Å². The standard InChI is InChI=1S/C35H29Br2NO4.H2O/c1-2-42-33(40)34(22-38)29(24-13-9-17-27(36)19-24)21-35(41,26-15-7-4-8-16-26)31(32(39)23-11-5-3-6-12-23)30(34)25-14-10-18-28(37)20-25;/h3-20,29-31,41H,2,21H2,1H3;1H2. The highest BCUT2D eigenvalue weighted by molar-refractivity contribution is 9.10. The Kier molecular flexibility index (Phi) is 10.0. The number of rotatable bonds is 7. The topological polar surface area (TPSA) is 119 Å². The maximum Gasteiger partial charge on any atom is 0.327 e. The molecule has 1 saturated carbocycles. The van der Waals surface area contributed by atoms with Crippen molar-refractivity contribution in [2.45, 2.75) is 30.8 Å². The van der Waals surface area contributed by atoms with Gasteiger partial charge in [-0.25, -0.2) is 0 Å². The van der Waals surface area contributed by atoms with Gasteiger partial charge in [-0.2, -0.15) is 5.26 Å². The highest BCUT2D eigenvalue weighted by Crippen LogP contribution is 2.64. The van der Waals surface area contributed by atoms with Crippen molar-refractivity contribution in [2.75, 3.05) is 6.61 Å². The number of ketones is 1. The number of nitrogens with zero attached hydrogens (tertiary/aromatic N) is 1. The second kappa shape index (κ2) is 13.4. The van der Waals surface area contributed by atoms with E-state index >= 15 is 0 Å². The van der Waals surface area contributed by atoms with Gasteiger partial charge in [0.05, 0.1) is 18.6 Å². The van der Waals surface area contributed by atoms with Gasteiger partial charge in [-0.1, -0.05) is 117 Å². The summed E-state index contributed by atoms with van der Waals surface area (Å²) in [6, 6.07) is 34.9. The third kappa shape index (κ3) is 5.83. The van der Waals surface area contributed by atoms with Gasteiger partial charge in [0.2, 0.25) is 0 Å². The molecule has 4 aromatic rings. The van der Waals surface area contributed by atoms with Gasteiger partial charge in [0, 0.05) is 26.3 Å². The zero-order chi connectivity index (χ0) is 29.9. The molecule has 5 atom stereocenters. The molecular weight excluding hydrogens is 674 g/mol. The summed E-state index contributed by atoms with van der Waals surface area (Å²) >= 11 is 7.09. The molecule has 43 heavy (non-hydrogen) atoms. The Morgan fingerprint density at radius 3 is 2.00 bits per heavy atom. The van der Waals surface area contributed by atoms with Crippen LogP contribution in [0.3, 0.4) is 0 Å². The molecule has 0 saturated heterocycles. The van der Waals surface area contributed by atoms with Gasteiger partial charge >= 0.3 is 5.97 Å². The number of esters is 1. The minimum absolute atomic E-state index is 0. The van der Waals surface area contributed by atoms with Crippen molar-refractivity contribution in [1.29, 1.82) is 5.26 Å². The normalized spacial score (nSPS) is 24.7. The Morgan fingerprint density at radius 1 is 0.884 bits per heavy atom. The number of nitriles is 1. The summed E-state index contributed by atoms with van der Waals surface area (Å²) in [7, 11) is 0. The number of hydrogen-bond acceptors (Lipinski definition) is 5. The number of benzene rings is 4. The highest BCUT2D eigenvalue weighted by atomic mass is 79.9. The molecule has 5 unspecified atom stereocenters. The van der Waals surface area contributed by atoms with Crippen LogP contribution in [0.15, 0.2) is 118 Å². The number of ether oxygens (including phenoxy) is 1. The summed E-state index contributed by atoms with van der Waals surface area (Å²) < 4.78 is 7.15. The zero-order valence-electron chi connectivity index (χ0n) is 23.4. The van der Waals surface area contributed by atoms with Crippen molar-refractivity contribution < 1.29 is 24.9 Å². The fraction of sp³-hybridized carbons (Fsp3) is 0.229. The predicted molar refractivity (Wildman–Crippen MR) is 171 cm³/mol. The average Bonchev–Trinajstić information content (AvgIpc) is 3.01. The molecular formula is C35H31Br2NO5. The molecule has 8 heteroatoms. The first-order chi connectivity index (χ1) is 20.3. The molecule has 4 aromatic carbocycles. The van der Waals surface area contributed by atoms with E-state index in [0.717, 1.165) is 8.95 Å². The van der Waals surface area contributed by atoms with E-state index in [2.05, 4.69) is 37.9 Å². The van der Waals surface area contributed by atoms with Crippen molar-refractivity contribution in [3.63, 3.8) is 0 Å². The van der Waals surface area contributed by atoms with Crippen LogP contribution >= 0.6 is 31.9 Å². The molecule has 1 aliphatic rings. The number of carbonyl (C=O) groups is 2. The summed E-state index contributed by atoms with van der Waals surface area (Å²) in [6.07, 6.45) is -0.0619. The second-order valence-electron chi connectivity index (χ2n) is 10.5. The Bertz CT molecular complexity index is 1640. The summed E-state index contributed by atoms with van der Waals surface area (Å²) in [5, 5.41) is 24.2. The molecule has 0 spiro atoms. The lowest BCUT2D eigenvalue weighted by Crippen LogP contribution is -2.59. The van der Waals surface area contributed by atoms with Crippen LogP contribution in [-0.2, 0) is 15.1 Å². The molecule has 0 heterocycles. The first-order valence-electron chi connectivity index (χ1n) is 13.7. The van der Waals surface area contributed by atoms with Crippen LogP contribution in [0.2, 0.25) is 0 Å². The van der Waals surface area contributed by atoms with Crippen LogP contribution in [0.25, 0.3) is 0 Å². The third-order valence-electron chi connectivity index (χ3n) is 8.27. The van der Waals surface area contributed by atoms with Crippen molar-refractivity contribution in [2.24, 2.45) is 11.3 Å². The summed E-state index contributed by atoms with van der Waals surface area (Å²) in [4.78, 5) is 29.0. The fourth-order valence-electron chi connectivity index (χ4n) is 6.50. The van der Waals surface area contributed by atoms with Crippen LogP contribution < -0.4 is 0 Å². The van der Waals surface area contributed by atoms with E-state index in [1.165, 1.54) is 0 Å². The van der Waals surface area contributed by atoms with Gasteiger partial charge in [-0.15, -0.1) is 0 Å². The maximum absolute atomic E-state index is 14.7. The van der Waals surface area contributed by atoms with Gasteiger partial charge in [0.1, 0.15) is 5.60 Å². The lowest BCUT2D eigenvalue weighted by Gasteiger charge is -2.54. The van der Waals surface area contributed by atoms with E-state index in [4.69, 9.17) is 4.74 Å². The fourth-order valence-corrected chi connectivity index (χ4v) is 7.34. The first-order valence-corrected chi connectivity index (χ1v) is 15.3. The largest absolute Gasteiger partial charge is 0.465 e. The van der Waals surface area contributed by atoms with E-state index < -0.39 is 34.7 Å². The molecule has 0 radical (unpaired) electrons. The lowest BCUT2D eigenvalue weighted by atomic mass is 9.47. The van der Waals surface area contributed by atoms with Crippen LogP contribution in [0.1, 0.15) is 52.2 Å². The van der Waals surface area contributed by atoms with Crippen LogP contribution in [-0.4, -0.2) is 28.9 Å². The van der Waals surface area contributed by atoms with Gasteiger partial charge in [0.15, 0.2) is 11.2 Å². The van der Waals surface area contributed by atoms with Crippen molar-refractivity contribution in [1.82, 2.24) is 0 Å². The van der Waals surface area contributed by atoms with E-state index in [1.54, 1.807) is 55.5 Å². The molecule has 1 aliphatic carbocycles. The Balaban J connectivity index is 0.00000423. The lowest BCUT2D eigenvalue weighted by molar-refractivity contribution is -0.164. The Morgan fingerprint density at radius 2 is 1.44 bits per heavy atom. The molecule has 0 aromatic heterocycles. The minimum Gasteiger partial charge on any atom is -0.465 e. The smallest absolute Gasteiger partial charge is 0.327 e. The van der Waals surface area contributed by atoms with Crippen molar-refractivity contribution >= 4 is 43.6 Å². The molecule has 6 nitrogen and oxygen atoms in total. The molecule has 0 bridgehead atoms. The molecule has 3 N–H and O–H groups in total. The Labute approximate surface area is 267 Å². The molecule has 0 aliphatic heterocycles. The Hall–Kier alpha value is -3.61. The molecule has 0 amide bonds. The van der Waals surface area contributed by atoms with Crippen LogP contribution in [0.5, 0.6) is 0 Å². The van der Waals surface area contributed by atoms with Gasteiger partial charge in [-0.05, 0) is 54.3 Å². The van der Waals surface area contributed by atoms with Crippen LogP contribution in [0.4, 0.5) is 0 Å². The number of hydrogen-bond donors (Lipinski definition) is 1. The monoisotopic (exact) mass is 703 g/mol. The van der Waals surface area contributed by atoms with Crippen LogP contribution in [0, 0.1) is 22.7 Å². The molecule has 220 valence electrons. The van der Waals surface area contributed by atoms with Crippen molar-refractivity contribution in [3.8, 4) is 6.07 Å². The maximum atomic E-state index is 14.7. The number of halogens is 2. The summed E-state index contributed by atoms with van der Waals surface area (Å²) in [6.45, 7) is 1.75. The zero-order valence-corrected chi connectivity index (χ0v) is 26.6. The van der Waals surface area contributed by atoms with E-state index in [0.29, 0.717) is 22.3 Å². The second-order valence-corrected chi connectivity index (χ2v) is 12.4. The quantitative estimate of drug-likeness (QED) is 0.162. The van der Waals surface area contributed by atoms with Gasteiger partial charge in [-0.3, -0.25) is 9.59 Å². The SMILES string of the molecule is CCOC(=O)C1(C#N)C(c2cccc(Br)c2)CC(O)(c2ccccc2)C(C(=O)c2ccccc2)C1c1cccc(Br)c1.O. The molecule has 5 rings (SSSR count). The predicted octanol–water partition coefficient (Wildman–Crippen LogP) is 7.12. The molecule has 1 fully saturated rings. The van der Waals surface area contributed by atoms with Gasteiger partial charge < -0.3 is 15.3 Å².